The molecule has 0 amide bonds. The van der Waals surface area contributed by atoms with Crippen LogP contribution in [0.15, 0.2) is 41.8 Å². The highest BCUT2D eigenvalue weighted by molar-refractivity contribution is 7.80. The summed E-state index contributed by atoms with van der Waals surface area (Å²) in [6, 6.07) is 8.36. The maximum absolute atomic E-state index is 13.9. The zero-order valence-corrected chi connectivity index (χ0v) is 19.1. The lowest BCUT2D eigenvalue weighted by molar-refractivity contribution is 0.0529. The molecule has 6 nitrogen and oxygen atoms in total. The first-order chi connectivity index (χ1) is 15.4. The van der Waals surface area contributed by atoms with Crippen molar-refractivity contribution in [2.75, 3.05) is 31.5 Å². The lowest BCUT2D eigenvalue weighted by Crippen LogP contribution is -2.21. The highest BCUT2D eigenvalue weighted by atomic mass is 32.1. The summed E-state index contributed by atoms with van der Waals surface area (Å²) in [6.07, 6.45) is 0. The quantitative estimate of drug-likeness (QED) is 0.334. The number of carbonyl (C=O) groups is 1. The topological polar surface area (TPSA) is 68.8 Å². The maximum Gasteiger partial charge on any atom is 0.341 e. The van der Waals surface area contributed by atoms with E-state index in [1.165, 1.54) is 31.6 Å². The summed E-state index contributed by atoms with van der Waals surface area (Å²) in [7, 11) is 3.05. The molecular weight excluding hydrogens is 458 g/mol. The molecule has 1 aromatic heterocycles. The van der Waals surface area contributed by atoms with E-state index in [2.05, 4.69) is 10.6 Å². The summed E-state index contributed by atoms with van der Waals surface area (Å²) in [5.74, 6) is -0.984. The van der Waals surface area contributed by atoms with Crippen molar-refractivity contribution >= 4 is 45.3 Å². The Morgan fingerprint density at radius 1 is 1.06 bits per heavy atom. The third kappa shape index (κ3) is 5.14. The van der Waals surface area contributed by atoms with E-state index in [9.17, 15) is 13.6 Å². The van der Waals surface area contributed by atoms with Crippen molar-refractivity contribution in [1.29, 1.82) is 0 Å². The number of nitrogens with one attached hydrogen (secondary N) is 2. The Morgan fingerprint density at radius 3 is 2.47 bits per heavy atom. The molecule has 0 aliphatic heterocycles. The van der Waals surface area contributed by atoms with Gasteiger partial charge in [-0.1, -0.05) is 6.07 Å². The summed E-state index contributed by atoms with van der Waals surface area (Å²) >= 11 is 6.48. The first-order valence-corrected chi connectivity index (χ1v) is 10.7. The van der Waals surface area contributed by atoms with Gasteiger partial charge in [-0.05, 0) is 49.0 Å². The minimum atomic E-state index is -0.794. The van der Waals surface area contributed by atoms with Crippen LogP contribution < -0.4 is 20.1 Å². The number of rotatable bonds is 7. The molecule has 3 aromatic rings. The molecule has 0 radical (unpaired) electrons. The average molecular weight is 479 g/mol. The van der Waals surface area contributed by atoms with Gasteiger partial charge >= 0.3 is 5.97 Å². The molecule has 0 spiro atoms. The van der Waals surface area contributed by atoms with Crippen LogP contribution >= 0.6 is 23.6 Å². The van der Waals surface area contributed by atoms with E-state index in [0.717, 1.165) is 12.1 Å². The predicted molar refractivity (Wildman–Crippen MR) is 125 cm³/mol. The zero-order chi connectivity index (χ0) is 23.3. The second-order valence-electron chi connectivity index (χ2n) is 6.35. The van der Waals surface area contributed by atoms with Crippen LogP contribution in [-0.2, 0) is 4.74 Å². The number of ether oxygens (including phenoxy) is 3. The monoisotopic (exact) mass is 478 g/mol. The summed E-state index contributed by atoms with van der Waals surface area (Å²) in [5, 5.41) is 7.78. The van der Waals surface area contributed by atoms with Gasteiger partial charge in [0.15, 0.2) is 16.6 Å². The first kappa shape index (κ1) is 23.4. The van der Waals surface area contributed by atoms with Gasteiger partial charge in [-0.2, -0.15) is 0 Å². The molecule has 2 aromatic carbocycles. The van der Waals surface area contributed by atoms with Gasteiger partial charge in [-0.25, -0.2) is 13.6 Å². The molecule has 0 bridgehead atoms. The molecule has 10 heteroatoms. The lowest BCUT2D eigenvalue weighted by Gasteiger charge is -2.13. The fourth-order valence-electron chi connectivity index (χ4n) is 2.92. The molecule has 168 valence electrons. The third-order valence-electron chi connectivity index (χ3n) is 4.37. The van der Waals surface area contributed by atoms with Gasteiger partial charge in [-0.3, -0.25) is 0 Å². The number of halogens is 2. The highest BCUT2D eigenvalue weighted by Gasteiger charge is 2.23. The fraction of sp³-hybridized carbons (Fsp3) is 0.182. The molecule has 0 atom stereocenters. The Hall–Kier alpha value is -3.24. The van der Waals surface area contributed by atoms with Gasteiger partial charge in [0.05, 0.1) is 26.5 Å². The van der Waals surface area contributed by atoms with Crippen LogP contribution in [0.25, 0.3) is 11.1 Å². The number of hydrogen-bond donors (Lipinski definition) is 2. The Balaban J connectivity index is 1.94. The van der Waals surface area contributed by atoms with Crippen molar-refractivity contribution in [1.82, 2.24) is 0 Å². The molecule has 0 fully saturated rings. The number of carbonyl (C=O) groups excluding carboxylic acids is 1. The SMILES string of the molecule is CCOC(=O)c1c(-c2ccc(OC)c(OC)c2)csc1NC(=S)Nc1ccc(F)cc1F. The van der Waals surface area contributed by atoms with E-state index in [1.54, 1.807) is 30.5 Å². The Bertz CT molecular complexity index is 1150. The standard InChI is InChI=1S/C22H20F2N2O4S2/c1-4-30-21(27)19-14(12-5-8-17(28-2)18(9-12)29-3)11-32-20(19)26-22(31)25-16-7-6-13(23)10-15(16)24/h5-11H,4H2,1-3H3,(H2,25,26,31). The van der Waals surface area contributed by atoms with Crippen molar-refractivity contribution in [3.63, 3.8) is 0 Å². The maximum atomic E-state index is 13.9. The molecule has 0 aliphatic rings. The molecule has 2 N–H and O–H groups in total. The number of anilines is 2. The summed E-state index contributed by atoms with van der Waals surface area (Å²) < 4.78 is 42.9. The average Bonchev–Trinajstić information content (AvgIpc) is 3.18. The molecule has 3 rings (SSSR count). The molecule has 0 saturated carbocycles. The van der Waals surface area contributed by atoms with Crippen molar-refractivity contribution in [2.45, 2.75) is 6.92 Å². The largest absolute Gasteiger partial charge is 0.493 e. The van der Waals surface area contributed by atoms with Crippen molar-refractivity contribution in [3.05, 3.63) is 59.0 Å². The minimum Gasteiger partial charge on any atom is -0.493 e. The van der Waals surface area contributed by atoms with Gasteiger partial charge < -0.3 is 24.8 Å². The van der Waals surface area contributed by atoms with E-state index in [0.29, 0.717) is 27.6 Å². The fourth-order valence-corrected chi connectivity index (χ4v) is 4.16. The van der Waals surface area contributed by atoms with E-state index < -0.39 is 17.6 Å². The van der Waals surface area contributed by atoms with Crippen LogP contribution in [0.3, 0.4) is 0 Å². The van der Waals surface area contributed by atoms with Crippen molar-refractivity contribution < 1.29 is 27.8 Å². The Kier molecular flexibility index (Phi) is 7.60. The zero-order valence-electron chi connectivity index (χ0n) is 17.5. The number of thiophene rings is 1. The number of hydrogen-bond acceptors (Lipinski definition) is 6. The predicted octanol–water partition coefficient (Wildman–Crippen LogP) is 5.70. The number of methoxy groups -OCH3 is 2. The van der Waals surface area contributed by atoms with Crippen LogP contribution in [0.1, 0.15) is 17.3 Å². The summed E-state index contributed by atoms with van der Waals surface area (Å²) in [6.45, 7) is 1.89. The van der Waals surface area contributed by atoms with E-state index >= 15 is 0 Å². The molecule has 1 heterocycles. The van der Waals surface area contributed by atoms with Gasteiger partial charge in [0.25, 0.3) is 0 Å². The lowest BCUT2D eigenvalue weighted by atomic mass is 10.0. The van der Waals surface area contributed by atoms with Crippen LogP contribution in [-0.4, -0.2) is 31.9 Å². The molecule has 0 aliphatic carbocycles. The smallest absolute Gasteiger partial charge is 0.341 e. The van der Waals surface area contributed by atoms with Crippen LogP contribution in [0, 0.1) is 11.6 Å². The molecule has 0 unspecified atom stereocenters. The van der Waals surface area contributed by atoms with Crippen molar-refractivity contribution in [3.8, 4) is 22.6 Å². The normalized spacial score (nSPS) is 10.4. The second-order valence-corrected chi connectivity index (χ2v) is 7.63. The molecular formula is C22H20F2N2O4S2. The molecule has 0 saturated heterocycles. The van der Waals surface area contributed by atoms with Crippen molar-refractivity contribution in [2.24, 2.45) is 0 Å². The second kappa shape index (κ2) is 10.4. The van der Waals surface area contributed by atoms with Gasteiger partial charge in [0.1, 0.15) is 22.2 Å². The van der Waals surface area contributed by atoms with Crippen LogP contribution in [0.5, 0.6) is 11.5 Å². The highest BCUT2D eigenvalue weighted by Crippen LogP contribution is 2.39. The number of esters is 1. The summed E-state index contributed by atoms with van der Waals surface area (Å²) in [5.41, 5.74) is 1.58. The number of thiocarbonyl (C=S) groups is 1. The van der Waals surface area contributed by atoms with Gasteiger partial charge in [0, 0.05) is 17.0 Å². The van der Waals surface area contributed by atoms with Crippen LogP contribution in [0.4, 0.5) is 19.5 Å². The van der Waals surface area contributed by atoms with Gasteiger partial charge in [0.2, 0.25) is 0 Å². The Labute approximate surface area is 193 Å². The minimum absolute atomic E-state index is 0.00162. The van der Waals surface area contributed by atoms with Crippen LogP contribution in [0.2, 0.25) is 0 Å². The Morgan fingerprint density at radius 2 is 1.81 bits per heavy atom. The van der Waals surface area contributed by atoms with E-state index in [-0.39, 0.29) is 23.0 Å². The first-order valence-electron chi connectivity index (χ1n) is 9.42. The van der Waals surface area contributed by atoms with E-state index in [4.69, 9.17) is 26.4 Å². The third-order valence-corrected chi connectivity index (χ3v) is 5.47. The number of benzene rings is 2. The molecule has 32 heavy (non-hydrogen) atoms. The van der Waals surface area contributed by atoms with E-state index in [1.807, 2.05) is 0 Å². The van der Waals surface area contributed by atoms with Gasteiger partial charge in [-0.15, -0.1) is 11.3 Å². The summed E-state index contributed by atoms with van der Waals surface area (Å²) in [4.78, 5) is 12.8.